The van der Waals surface area contributed by atoms with Crippen LogP contribution in [0.1, 0.15) is 25.7 Å². The van der Waals surface area contributed by atoms with E-state index in [0.717, 1.165) is 12.1 Å². The second-order valence-electron chi connectivity index (χ2n) is 5.31. The highest BCUT2D eigenvalue weighted by Gasteiger charge is 2.33. The molecule has 0 amide bonds. The third kappa shape index (κ3) is 2.05. The van der Waals surface area contributed by atoms with Crippen molar-refractivity contribution in [2.75, 3.05) is 39.3 Å². The minimum atomic E-state index is 0.883. The molecule has 0 aromatic rings. The molecule has 1 unspecified atom stereocenters. The highest BCUT2D eigenvalue weighted by atomic mass is 15.3. The average molecular weight is 209 g/mol. The molecular weight excluding hydrogens is 186 g/mol. The Hall–Kier alpha value is -0.120. The second kappa shape index (κ2) is 4.40. The zero-order valence-electron chi connectivity index (χ0n) is 9.62. The predicted molar refractivity (Wildman–Crippen MR) is 62.1 cm³/mol. The average Bonchev–Trinajstić information content (AvgIpc) is 2.77. The summed E-state index contributed by atoms with van der Waals surface area (Å²) < 4.78 is 0. The lowest BCUT2D eigenvalue weighted by atomic mass is 10.0. The Bertz CT molecular complexity index is 213. The van der Waals surface area contributed by atoms with E-state index in [9.17, 15) is 0 Å². The lowest BCUT2D eigenvalue weighted by molar-refractivity contribution is 0.0599. The van der Waals surface area contributed by atoms with Crippen molar-refractivity contribution >= 4 is 0 Å². The van der Waals surface area contributed by atoms with Crippen molar-refractivity contribution in [1.29, 1.82) is 0 Å². The fraction of sp³-hybridized carbons (Fsp3) is 1.00. The molecule has 3 heteroatoms. The van der Waals surface area contributed by atoms with Gasteiger partial charge in [0.25, 0.3) is 0 Å². The van der Waals surface area contributed by atoms with Crippen molar-refractivity contribution in [3.63, 3.8) is 0 Å². The molecular formula is C12H23N3. The van der Waals surface area contributed by atoms with Crippen molar-refractivity contribution in [3.8, 4) is 0 Å². The maximum Gasteiger partial charge on any atom is 0.0224 e. The van der Waals surface area contributed by atoms with Crippen molar-refractivity contribution in [2.24, 2.45) is 0 Å². The molecule has 3 saturated heterocycles. The van der Waals surface area contributed by atoms with Gasteiger partial charge in [0.1, 0.15) is 0 Å². The lowest BCUT2D eigenvalue weighted by Crippen LogP contribution is -2.55. The molecule has 3 aliphatic rings. The van der Waals surface area contributed by atoms with Gasteiger partial charge in [-0.05, 0) is 45.3 Å². The lowest BCUT2D eigenvalue weighted by Gasteiger charge is -2.43. The normalized spacial score (nSPS) is 35.6. The van der Waals surface area contributed by atoms with Gasteiger partial charge in [-0.1, -0.05) is 0 Å². The van der Waals surface area contributed by atoms with Gasteiger partial charge in [0.2, 0.25) is 0 Å². The number of piperazine rings is 1. The van der Waals surface area contributed by atoms with E-state index in [2.05, 4.69) is 15.1 Å². The Labute approximate surface area is 92.8 Å². The quantitative estimate of drug-likeness (QED) is 0.679. The van der Waals surface area contributed by atoms with Gasteiger partial charge in [-0.25, -0.2) is 0 Å². The zero-order valence-corrected chi connectivity index (χ0v) is 9.62. The maximum atomic E-state index is 3.46. The van der Waals surface area contributed by atoms with Crippen LogP contribution in [0.5, 0.6) is 0 Å². The van der Waals surface area contributed by atoms with Gasteiger partial charge in [0.15, 0.2) is 0 Å². The molecule has 15 heavy (non-hydrogen) atoms. The van der Waals surface area contributed by atoms with Crippen LogP contribution in [-0.2, 0) is 0 Å². The largest absolute Gasteiger partial charge is 0.317 e. The maximum absolute atomic E-state index is 3.46. The molecule has 0 bridgehead atoms. The minimum Gasteiger partial charge on any atom is -0.317 e. The molecule has 0 aromatic heterocycles. The van der Waals surface area contributed by atoms with E-state index in [4.69, 9.17) is 0 Å². The van der Waals surface area contributed by atoms with Gasteiger partial charge in [-0.15, -0.1) is 0 Å². The SMILES string of the molecule is C1CC2CN(C3CCNCC3)CCN2C1. The minimum absolute atomic E-state index is 0.883. The summed E-state index contributed by atoms with van der Waals surface area (Å²) in [4.78, 5) is 5.48. The molecule has 1 N–H and O–H groups in total. The third-order valence-electron chi connectivity index (χ3n) is 4.44. The summed E-state index contributed by atoms with van der Waals surface area (Å²) in [6.07, 6.45) is 5.62. The van der Waals surface area contributed by atoms with Crippen LogP contribution in [0.2, 0.25) is 0 Å². The molecule has 3 nitrogen and oxygen atoms in total. The van der Waals surface area contributed by atoms with Crippen molar-refractivity contribution in [1.82, 2.24) is 15.1 Å². The Morgan fingerprint density at radius 3 is 2.47 bits per heavy atom. The first kappa shape index (κ1) is 10.1. The van der Waals surface area contributed by atoms with E-state index < -0.39 is 0 Å². The van der Waals surface area contributed by atoms with Crippen LogP contribution in [0, 0.1) is 0 Å². The Balaban J connectivity index is 1.58. The van der Waals surface area contributed by atoms with Gasteiger partial charge >= 0.3 is 0 Å². The highest BCUT2D eigenvalue weighted by molar-refractivity contribution is 4.90. The summed E-state index contributed by atoms with van der Waals surface area (Å²) in [5, 5.41) is 3.46. The topological polar surface area (TPSA) is 18.5 Å². The number of rotatable bonds is 1. The van der Waals surface area contributed by atoms with E-state index in [1.807, 2.05) is 0 Å². The summed E-state index contributed by atoms with van der Waals surface area (Å²) in [6, 6.07) is 1.78. The summed E-state index contributed by atoms with van der Waals surface area (Å²) in [6.45, 7) is 7.83. The molecule has 0 spiro atoms. The first-order chi connectivity index (χ1) is 7.43. The number of fused-ring (bicyclic) bond motifs is 1. The summed E-state index contributed by atoms with van der Waals surface area (Å²) >= 11 is 0. The molecule has 3 heterocycles. The molecule has 3 aliphatic heterocycles. The first-order valence-corrected chi connectivity index (χ1v) is 6.62. The molecule has 0 saturated carbocycles. The van der Waals surface area contributed by atoms with Gasteiger partial charge in [0.05, 0.1) is 0 Å². The van der Waals surface area contributed by atoms with Crippen LogP contribution in [0.3, 0.4) is 0 Å². The molecule has 3 fully saturated rings. The summed E-state index contributed by atoms with van der Waals surface area (Å²) in [7, 11) is 0. The molecule has 1 atom stereocenters. The molecule has 86 valence electrons. The van der Waals surface area contributed by atoms with E-state index in [0.29, 0.717) is 0 Å². The summed E-state index contributed by atoms with van der Waals surface area (Å²) in [5.74, 6) is 0. The van der Waals surface area contributed by atoms with Gasteiger partial charge in [-0.2, -0.15) is 0 Å². The fourth-order valence-corrected chi connectivity index (χ4v) is 3.52. The molecule has 0 radical (unpaired) electrons. The smallest absolute Gasteiger partial charge is 0.0224 e. The number of hydrogen-bond donors (Lipinski definition) is 1. The van der Waals surface area contributed by atoms with Crippen molar-refractivity contribution in [3.05, 3.63) is 0 Å². The Kier molecular flexibility index (Phi) is 2.95. The number of hydrogen-bond acceptors (Lipinski definition) is 3. The molecule has 0 aliphatic carbocycles. The van der Waals surface area contributed by atoms with Crippen LogP contribution >= 0.6 is 0 Å². The number of nitrogens with zero attached hydrogens (tertiary/aromatic N) is 2. The standard InChI is InChI=1S/C12H23N3/c1-2-12-10-15(9-8-14(12)7-1)11-3-5-13-6-4-11/h11-13H,1-10H2. The van der Waals surface area contributed by atoms with Crippen LogP contribution < -0.4 is 5.32 Å². The third-order valence-corrected chi connectivity index (χ3v) is 4.44. The number of piperidine rings is 1. The highest BCUT2D eigenvalue weighted by Crippen LogP contribution is 2.24. The van der Waals surface area contributed by atoms with E-state index in [-0.39, 0.29) is 0 Å². The predicted octanol–water partition coefficient (Wildman–Crippen LogP) is 0.518. The van der Waals surface area contributed by atoms with Crippen LogP contribution in [0.15, 0.2) is 0 Å². The van der Waals surface area contributed by atoms with Crippen LogP contribution in [0.4, 0.5) is 0 Å². The van der Waals surface area contributed by atoms with Crippen molar-refractivity contribution in [2.45, 2.75) is 37.8 Å². The summed E-state index contributed by atoms with van der Waals surface area (Å²) in [5.41, 5.74) is 0. The van der Waals surface area contributed by atoms with Gasteiger partial charge < -0.3 is 5.32 Å². The zero-order chi connectivity index (χ0) is 10.1. The molecule has 0 aromatic carbocycles. The Morgan fingerprint density at radius 2 is 1.60 bits per heavy atom. The second-order valence-corrected chi connectivity index (χ2v) is 5.31. The van der Waals surface area contributed by atoms with E-state index >= 15 is 0 Å². The van der Waals surface area contributed by atoms with Crippen molar-refractivity contribution < 1.29 is 0 Å². The van der Waals surface area contributed by atoms with Crippen LogP contribution in [0.25, 0.3) is 0 Å². The molecule has 3 rings (SSSR count). The fourth-order valence-electron chi connectivity index (χ4n) is 3.52. The van der Waals surface area contributed by atoms with Gasteiger partial charge in [0, 0.05) is 31.7 Å². The van der Waals surface area contributed by atoms with E-state index in [1.165, 1.54) is 65.0 Å². The first-order valence-electron chi connectivity index (χ1n) is 6.62. The van der Waals surface area contributed by atoms with Crippen LogP contribution in [-0.4, -0.2) is 61.2 Å². The van der Waals surface area contributed by atoms with Gasteiger partial charge in [-0.3, -0.25) is 9.80 Å². The number of nitrogens with one attached hydrogen (secondary N) is 1. The monoisotopic (exact) mass is 209 g/mol. The van der Waals surface area contributed by atoms with E-state index in [1.54, 1.807) is 0 Å². The Morgan fingerprint density at radius 1 is 0.800 bits per heavy atom.